The lowest BCUT2D eigenvalue weighted by Gasteiger charge is -2.25. The van der Waals surface area contributed by atoms with E-state index in [1.54, 1.807) is 0 Å². The molecule has 3 aromatic heterocycles. The maximum absolute atomic E-state index is 6.48. The van der Waals surface area contributed by atoms with Gasteiger partial charge in [-0.15, -0.1) is 22.7 Å². The highest BCUT2D eigenvalue weighted by atomic mass is 32.1. The second kappa shape index (κ2) is 9.17. The minimum Gasteiger partial charge on any atom is -0.456 e. The van der Waals surface area contributed by atoms with Gasteiger partial charge in [0.25, 0.3) is 0 Å². The molecule has 7 aromatic carbocycles. The number of fused-ring (bicyclic) bond motifs is 12. The summed E-state index contributed by atoms with van der Waals surface area (Å²) in [5.74, 6) is 0. The molecule has 10 aromatic rings. The van der Waals surface area contributed by atoms with Crippen LogP contribution in [0.1, 0.15) is 0 Å². The third-order valence-corrected chi connectivity index (χ3v) is 11.3. The summed E-state index contributed by atoms with van der Waals surface area (Å²) in [6, 6.07) is 50.4. The predicted octanol–water partition coefficient (Wildman–Crippen LogP) is 12.9. The standard InChI is InChI=1S/C40H23NOS2/c1-2-9-25(10-3-1)41(27-16-21-37-32(22-27)29-12-6-7-13-36(29)43-37)26-15-19-34-33(23-26)38-35(42-34)20-18-31-30-17-14-24-8-4-5-11-28(24)39(30)44-40(31)38/h1-23H. The summed E-state index contributed by atoms with van der Waals surface area (Å²) in [5, 5.41) is 10.1. The fraction of sp³-hybridized carbons (Fsp3) is 0. The van der Waals surface area contributed by atoms with Crippen LogP contribution in [-0.4, -0.2) is 0 Å². The van der Waals surface area contributed by atoms with Crippen molar-refractivity contribution < 1.29 is 4.42 Å². The first-order chi connectivity index (χ1) is 21.8. The third kappa shape index (κ3) is 3.47. The smallest absolute Gasteiger partial charge is 0.136 e. The van der Waals surface area contributed by atoms with Crippen molar-refractivity contribution in [2.45, 2.75) is 0 Å². The third-order valence-electron chi connectivity index (χ3n) is 8.84. The van der Waals surface area contributed by atoms with Crippen LogP contribution >= 0.6 is 22.7 Å². The van der Waals surface area contributed by atoms with E-state index < -0.39 is 0 Å². The Morgan fingerprint density at radius 1 is 0.409 bits per heavy atom. The molecule has 0 N–H and O–H groups in total. The Morgan fingerprint density at radius 3 is 2.00 bits per heavy atom. The van der Waals surface area contributed by atoms with Gasteiger partial charge in [-0.25, -0.2) is 0 Å². The zero-order valence-electron chi connectivity index (χ0n) is 23.5. The lowest BCUT2D eigenvalue weighted by atomic mass is 10.0. The lowest BCUT2D eigenvalue weighted by Crippen LogP contribution is -2.09. The number of thiophene rings is 2. The van der Waals surface area contributed by atoms with Crippen LogP contribution in [0.4, 0.5) is 17.1 Å². The second-order valence-electron chi connectivity index (χ2n) is 11.3. The van der Waals surface area contributed by atoms with E-state index in [-0.39, 0.29) is 0 Å². The van der Waals surface area contributed by atoms with Crippen LogP contribution in [-0.2, 0) is 0 Å². The van der Waals surface area contributed by atoms with Gasteiger partial charge in [-0.1, -0.05) is 72.8 Å². The maximum atomic E-state index is 6.48. The molecule has 0 amide bonds. The summed E-state index contributed by atoms with van der Waals surface area (Å²) >= 11 is 3.73. The van der Waals surface area contributed by atoms with Crippen molar-refractivity contribution in [2.24, 2.45) is 0 Å². The fourth-order valence-electron chi connectivity index (χ4n) is 6.83. The molecule has 3 heterocycles. The molecule has 2 nitrogen and oxygen atoms in total. The van der Waals surface area contributed by atoms with Crippen molar-refractivity contribution >= 4 is 113 Å². The second-order valence-corrected chi connectivity index (χ2v) is 13.4. The zero-order valence-corrected chi connectivity index (χ0v) is 25.1. The van der Waals surface area contributed by atoms with E-state index in [0.717, 1.165) is 33.6 Å². The first-order valence-electron chi connectivity index (χ1n) is 14.8. The molecule has 10 rings (SSSR count). The van der Waals surface area contributed by atoms with Crippen LogP contribution in [0, 0.1) is 0 Å². The molecule has 4 heteroatoms. The summed E-state index contributed by atoms with van der Waals surface area (Å²) in [6.45, 7) is 0. The van der Waals surface area contributed by atoms with E-state index in [2.05, 4.69) is 144 Å². The van der Waals surface area contributed by atoms with Gasteiger partial charge in [-0.2, -0.15) is 0 Å². The normalized spacial score (nSPS) is 12.1. The van der Waals surface area contributed by atoms with Crippen molar-refractivity contribution in [1.29, 1.82) is 0 Å². The highest BCUT2D eigenvalue weighted by Gasteiger charge is 2.19. The maximum Gasteiger partial charge on any atom is 0.136 e. The molecular weight excluding hydrogens is 575 g/mol. The summed E-state index contributed by atoms with van der Waals surface area (Å²) in [4.78, 5) is 2.36. The number of furan rings is 1. The quantitative estimate of drug-likeness (QED) is 0.201. The summed E-state index contributed by atoms with van der Waals surface area (Å²) in [6.07, 6.45) is 0. The van der Waals surface area contributed by atoms with Gasteiger partial charge in [0.1, 0.15) is 11.2 Å². The lowest BCUT2D eigenvalue weighted by molar-refractivity contribution is 0.669. The highest BCUT2D eigenvalue weighted by molar-refractivity contribution is 7.27. The number of hydrogen-bond donors (Lipinski definition) is 0. The van der Waals surface area contributed by atoms with Gasteiger partial charge < -0.3 is 9.32 Å². The molecule has 44 heavy (non-hydrogen) atoms. The van der Waals surface area contributed by atoms with Crippen molar-refractivity contribution in [3.8, 4) is 0 Å². The Bertz CT molecular complexity index is 2730. The van der Waals surface area contributed by atoms with Crippen LogP contribution in [0.2, 0.25) is 0 Å². The number of para-hydroxylation sites is 1. The molecule has 0 spiro atoms. The molecule has 0 aliphatic carbocycles. The van der Waals surface area contributed by atoms with Crippen molar-refractivity contribution in [2.75, 3.05) is 4.90 Å². The van der Waals surface area contributed by atoms with Gasteiger partial charge in [0, 0.05) is 68.2 Å². The SMILES string of the molecule is c1ccc(N(c2ccc3sc4ccccc4c3c2)c2ccc3oc4ccc5c6ccc7ccccc7c6sc5c4c3c2)cc1. The topological polar surface area (TPSA) is 16.4 Å². The van der Waals surface area contributed by atoms with Gasteiger partial charge in [-0.3, -0.25) is 0 Å². The fourth-order valence-corrected chi connectivity index (χ4v) is 9.30. The summed E-state index contributed by atoms with van der Waals surface area (Å²) < 4.78 is 11.7. The molecular formula is C40H23NOS2. The minimum absolute atomic E-state index is 0.908. The van der Waals surface area contributed by atoms with E-state index in [9.17, 15) is 0 Å². The molecule has 0 saturated carbocycles. The Hall–Kier alpha value is -5.16. The van der Waals surface area contributed by atoms with Gasteiger partial charge >= 0.3 is 0 Å². The van der Waals surface area contributed by atoms with Crippen LogP contribution in [0.25, 0.3) is 73.1 Å². The Labute approximate surface area is 260 Å². The van der Waals surface area contributed by atoms with E-state index in [1.807, 2.05) is 22.7 Å². The van der Waals surface area contributed by atoms with Crippen molar-refractivity contribution in [3.05, 3.63) is 140 Å². The van der Waals surface area contributed by atoms with E-state index in [0.29, 0.717) is 0 Å². The first kappa shape index (κ1) is 24.3. The molecule has 0 fully saturated rings. The Morgan fingerprint density at radius 2 is 1.09 bits per heavy atom. The molecule has 0 bridgehead atoms. The van der Waals surface area contributed by atoms with Crippen LogP contribution in [0.3, 0.4) is 0 Å². The van der Waals surface area contributed by atoms with Gasteiger partial charge in [0.05, 0.1) is 0 Å². The summed E-state index contributed by atoms with van der Waals surface area (Å²) in [5.41, 5.74) is 5.20. The number of nitrogens with zero attached hydrogens (tertiary/aromatic N) is 1. The number of anilines is 3. The molecule has 0 saturated heterocycles. The molecule has 0 aliphatic heterocycles. The molecule has 0 atom stereocenters. The molecule has 0 aliphatic rings. The average molecular weight is 598 g/mol. The minimum atomic E-state index is 0.908. The van der Waals surface area contributed by atoms with Crippen LogP contribution < -0.4 is 4.90 Å². The predicted molar refractivity (Wildman–Crippen MR) is 192 cm³/mol. The number of benzene rings is 7. The largest absolute Gasteiger partial charge is 0.456 e. The van der Waals surface area contributed by atoms with E-state index >= 15 is 0 Å². The molecule has 0 radical (unpaired) electrons. The van der Waals surface area contributed by atoms with Crippen LogP contribution in [0.5, 0.6) is 0 Å². The monoisotopic (exact) mass is 597 g/mol. The van der Waals surface area contributed by atoms with Gasteiger partial charge in [-0.05, 0) is 77.5 Å². The number of hydrogen-bond acceptors (Lipinski definition) is 4. The zero-order chi connectivity index (χ0) is 28.8. The Balaban J connectivity index is 1.24. The van der Waals surface area contributed by atoms with Gasteiger partial charge in [0.15, 0.2) is 0 Å². The Kier molecular flexibility index (Phi) is 5.06. The van der Waals surface area contributed by atoms with Gasteiger partial charge in [0.2, 0.25) is 0 Å². The van der Waals surface area contributed by atoms with Crippen molar-refractivity contribution in [3.63, 3.8) is 0 Å². The van der Waals surface area contributed by atoms with Crippen molar-refractivity contribution in [1.82, 2.24) is 0 Å². The van der Waals surface area contributed by atoms with E-state index in [1.165, 1.54) is 56.5 Å². The summed E-state index contributed by atoms with van der Waals surface area (Å²) in [7, 11) is 0. The molecule has 0 unspecified atom stereocenters. The number of rotatable bonds is 3. The first-order valence-corrected chi connectivity index (χ1v) is 16.4. The van der Waals surface area contributed by atoms with E-state index in [4.69, 9.17) is 4.42 Å². The average Bonchev–Trinajstić information content (AvgIpc) is 3.76. The van der Waals surface area contributed by atoms with Crippen LogP contribution in [0.15, 0.2) is 144 Å². The molecule has 206 valence electrons. The highest BCUT2D eigenvalue weighted by Crippen LogP contribution is 2.46.